The number of carbonyl (C=O) groups excluding carboxylic acids is 1. The van der Waals surface area contributed by atoms with Crippen molar-refractivity contribution >= 4 is 6.03 Å². The average molecular weight is 337 g/mol. The number of carbonyl (C=O) groups is 1. The highest BCUT2D eigenvalue weighted by Crippen LogP contribution is 2.15. The van der Waals surface area contributed by atoms with Gasteiger partial charge in [0.25, 0.3) is 0 Å². The van der Waals surface area contributed by atoms with Crippen molar-refractivity contribution in [1.29, 1.82) is 0 Å². The summed E-state index contributed by atoms with van der Waals surface area (Å²) in [5.74, 6) is -0.216. The fourth-order valence-corrected chi connectivity index (χ4v) is 2.93. The smallest absolute Gasteiger partial charge is 0.317 e. The van der Waals surface area contributed by atoms with Crippen LogP contribution in [-0.2, 0) is 17.8 Å². The van der Waals surface area contributed by atoms with Crippen LogP contribution in [0.15, 0.2) is 18.2 Å². The van der Waals surface area contributed by atoms with Gasteiger partial charge in [0, 0.05) is 31.7 Å². The summed E-state index contributed by atoms with van der Waals surface area (Å²) < 4.78 is 19.6. The van der Waals surface area contributed by atoms with Crippen molar-refractivity contribution in [2.24, 2.45) is 0 Å². The third kappa shape index (κ3) is 5.18. The number of halogens is 1. The summed E-state index contributed by atoms with van der Waals surface area (Å²) in [5, 5.41) is 2.93. The predicted molar refractivity (Wildman–Crippen MR) is 92.2 cm³/mol. The molecule has 1 fully saturated rings. The maximum Gasteiger partial charge on any atom is 0.317 e. The Bertz CT molecular complexity index is 565. The molecule has 134 valence electrons. The summed E-state index contributed by atoms with van der Waals surface area (Å²) in [4.78, 5) is 16.1. The summed E-state index contributed by atoms with van der Waals surface area (Å²) in [6, 6.07) is 4.89. The molecule has 24 heavy (non-hydrogen) atoms. The number of hydrogen-bond donors (Lipinski definition) is 1. The van der Waals surface area contributed by atoms with Crippen LogP contribution in [0.1, 0.15) is 31.4 Å². The number of nitrogens with one attached hydrogen (secondary N) is 1. The van der Waals surface area contributed by atoms with Gasteiger partial charge in [0.15, 0.2) is 0 Å². The minimum absolute atomic E-state index is 0.0481. The summed E-state index contributed by atoms with van der Waals surface area (Å²) in [5.41, 5.74) is 1.53. The molecule has 1 heterocycles. The number of nitrogens with zero attached hydrogens (tertiary/aromatic N) is 2. The Morgan fingerprint density at radius 3 is 2.83 bits per heavy atom. The predicted octanol–water partition coefficient (Wildman–Crippen LogP) is 2.60. The van der Waals surface area contributed by atoms with Crippen molar-refractivity contribution < 1.29 is 13.9 Å². The van der Waals surface area contributed by atoms with Gasteiger partial charge in [-0.1, -0.05) is 13.0 Å². The fourth-order valence-electron chi connectivity index (χ4n) is 2.93. The Morgan fingerprint density at radius 2 is 2.17 bits per heavy atom. The first-order valence-electron chi connectivity index (χ1n) is 8.49. The monoisotopic (exact) mass is 337 g/mol. The second-order valence-electron chi connectivity index (χ2n) is 6.70. The van der Waals surface area contributed by atoms with Crippen molar-refractivity contribution in [3.05, 3.63) is 35.1 Å². The molecule has 1 saturated heterocycles. The Hall–Kier alpha value is -1.66. The summed E-state index contributed by atoms with van der Waals surface area (Å²) in [6.45, 7) is 6.17. The van der Waals surface area contributed by atoms with Gasteiger partial charge in [-0.25, -0.2) is 9.18 Å². The molecule has 2 amide bonds. The van der Waals surface area contributed by atoms with E-state index in [1.807, 2.05) is 32.0 Å². The number of amides is 2. The van der Waals surface area contributed by atoms with Crippen LogP contribution in [0.4, 0.5) is 9.18 Å². The van der Waals surface area contributed by atoms with Gasteiger partial charge in [-0.2, -0.15) is 0 Å². The topological polar surface area (TPSA) is 44.8 Å². The molecule has 0 bridgehead atoms. The van der Waals surface area contributed by atoms with Gasteiger partial charge < -0.3 is 19.9 Å². The SMILES string of the molecule is CC[C@H]1CN(C(=O)NCc2ccc(F)c(CN(C)C)c2)C[C@@H](C)O1. The number of benzene rings is 1. The maximum absolute atomic E-state index is 13.8. The van der Waals surface area contributed by atoms with Crippen LogP contribution < -0.4 is 5.32 Å². The molecular weight excluding hydrogens is 309 g/mol. The van der Waals surface area contributed by atoms with Gasteiger partial charge in [-0.15, -0.1) is 0 Å². The molecule has 0 saturated carbocycles. The molecular formula is C18H28FN3O2. The van der Waals surface area contributed by atoms with E-state index in [4.69, 9.17) is 4.74 Å². The molecule has 1 aliphatic rings. The Labute approximate surface area is 143 Å². The standard InChI is InChI=1S/C18H28FN3O2/c1-5-16-12-22(10-13(2)24-16)18(23)20-9-14-6-7-17(19)15(8-14)11-21(3)4/h6-8,13,16H,5,9-12H2,1-4H3,(H,20,23)/t13-,16+/m1/s1. The van der Waals surface area contributed by atoms with Crippen molar-refractivity contribution in [2.45, 2.75) is 45.6 Å². The van der Waals surface area contributed by atoms with E-state index in [-0.39, 0.29) is 24.1 Å². The van der Waals surface area contributed by atoms with Gasteiger partial charge in [-0.05, 0) is 45.1 Å². The normalized spacial score (nSPS) is 21.2. The second-order valence-corrected chi connectivity index (χ2v) is 6.70. The Kier molecular flexibility index (Phi) is 6.57. The summed E-state index contributed by atoms with van der Waals surface area (Å²) in [6.07, 6.45) is 1.03. The third-order valence-corrected chi connectivity index (χ3v) is 4.11. The van der Waals surface area contributed by atoms with Crippen LogP contribution in [0.3, 0.4) is 0 Å². The lowest BCUT2D eigenvalue weighted by molar-refractivity contribution is -0.0646. The fraction of sp³-hybridized carbons (Fsp3) is 0.611. The number of morpholine rings is 1. The summed E-state index contributed by atoms with van der Waals surface area (Å²) >= 11 is 0. The second kappa shape index (κ2) is 8.44. The molecule has 2 rings (SSSR count). The van der Waals surface area contributed by atoms with Crippen LogP contribution in [0.5, 0.6) is 0 Å². The third-order valence-electron chi connectivity index (χ3n) is 4.11. The number of hydrogen-bond acceptors (Lipinski definition) is 3. The Morgan fingerprint density at radius 1 is 1.42 bits per heavy atom. The molecule has 0 radical (unpaired) electrons. The largest absolute Gasteiger partial charge is 0.372 e. The first kappa shape index (κ1) is 18.7. The van der Waals surface area contributed by atoms with Crippen molar-refractivity contribution in [2.75, 3.05) is 27.2 Å². The first-order chi connectivity index (χ1) is 11.4. The molecule has 2 atom stereocenters. The van der Waals surface area contributed by atoms with Crippen molar-refractivity contribution in [1.82, 2.24) is 15.1 Å². The van der Waals surface area contributed by atoms with Crippen LogP contribution in [0.25, 0.3) is 0 Å². The molecule has 0 aromatic heterocycles. The Balaban J connectivity index is 1.94. The van der Waals surface area contributed by atoms with Crippen molar-refractivity contribution in [3.63, 3.8) is 0 Å². The molecule has 6 heteroatoms. The molecule has 5 nitrogen and oxygen atoms in total. The zero-order valence-corrected chi connectivity index (χ0v) is 15.0. The molecule has 1 aromatic carbocycles. The number of urea groups is 1. The minimum Gasteiger partial charge on any atom is -0.372 e. The lowest BCUT2D eigenvalue weighted by Crippen LogP contribution is -2.52. The van der Waals surface area contributed by atoms with Gasteiger partial charge >= 0.3 is 6.03 Å². The van der Waals surface area contributed by atoms with Crippen LogP contribution in [-0.4, -0.2) is 55.2 Å². The quantitative estimate of drug-likeness (QED) is 0.898. The van der Waals surface area contributed by atoms with Crippen molar-refractivity contribution in [3.8, 4) is 0 Å². The van der Waals surface area contributed by atoms with Crippen LogP contribution >= 0.6 is 0 Å². The van der Waals surface area contributed by atoms with Crippen LogP contribution in [0.2, 0.25) is 0 Å². The van der Waals surface area contributed by atoms with E-state index in [1.54, 1.807) is 11.0 Å². The van der Waals surface area contributed by atoms with Gasteiger partial charge in [0.1, 0.15) is 5.82 Å². The molecule has 0 aliphatic carbocycles. The van der Waals surface area contributed by atoms with E-state index in [2.05, 4.69) is 12.2 Å². The maximum atomic E-state index is 13.8. The van der Waals surface area contributed by atoms with Gasteiger partial charge in [0.2, 0.25) is 0 Å². The van der Waals surface area contributed by atoms with E-state index >= 15 is 0 Å². The van der Waals surface area contributed by atoms with Crippen LogP contribution in [0, 0.1) is 5.82 Å². The zero-order chi connectivity index (χ0) is 17.7. The molecule has 0 spiro atoms. The zero-order valence-electron chi connectivity index (χ0n) is 15.0. The van der Waals surface area contributed by atoms with E-state index in [9.17, 15) is 9.18 Å². The first-order valence-corrected chi connectivity index (χ1v) is 8.49. The lowest BCUT2D eigenvalue weighted by Gasteiger charge is -2.36. The van der Waals surface area contributed by atoms with Gasteiger partial charge in [0.05, 0.1) is 12.2 Å². The van der Waals surface area contributed by atoms with E-state index < -0.39 is 0 Å². The molecule has 0 unspecified atom stereocenters. The highest BCUT2D eigenvalue weighted by atomic mass is 19.1. The van der Waals surface area contributed by atoms with Gasteiger partial charge in [-0.3, -0.25) is 0 Å². The highest BCUT2D eigenvalue weighted by Gasteiger charge is 2.27. The molecule has 1 aromatic rings. The number of rotatable bonds is 5. The average Bonchev–Trinajstić information content (AvgIpc) is 2.54. The van der Waals surface area contributed by atoms with E-state index in [0.717, 1.165) is 12.0 Å². The minimum atomic E-state index is -0.216. The molecule has 1 N–H and O–H groups in total. The van der Waals surface area contributed by atoms with E-state index in [1.165, 1.54) is 6.07 Å². The number of ether oxygens (including phenoxy) is 1. The highest BCUT2D eigenvalue weighted by molar-refractivity contribution is 5.74. The van der Waals surface area contributed by atoms with E-state index in [0.29, 0.717) is 31.7 Å². The lowest BCUT2D eigenvalue weighted by atomic mass is 10.1. The summed E-state index contributed by atoms with van der Waals surface area (Å²) in [7, 11) is 3.80. The molecule has 1 aliphatic heterocycles.